The Morgan fingerprint density at radius 2 is 1.69 bits per heavy atom. The summed E-state index contributed by atoms with van der Waals surface area (Å²) in [6, 6.07) is 16.2. The van der Waals surface area contributed by atoms with Crippen molar-refractivity contribution >= 4 is 5.91 Å². The third kappa shape index (κ3) is 6.73. The number of hydrogen-bond acceptors (Lipinski definition) is 5. The number of ether oxygens (including phenoxy) is 2. The minimum absolute atomic E-state index is 0.210. The molecule has 0 aliphatic carbocycles. The quantitative estimate of drug-likeness (QED) is 0.427. The summed E-state index contributed by atoms with van der Waals surface area (Å²) in [5.41, 5.74) is 1.35. The summed E-state index contributed by atoms with van der Waals surface area (Å²) in [4.78, 5) is 16.3. The number of methoxy groups -OCH3 is 2. The molecule has 0 spiro atoms. The number of pyridine rings is 1. The number of nitrogens with one attached hydrogen (secondary N) is 2. The van der Waals surface area contributed by atoms with E-state index in [2.05, 4.69) is 15.6 Å². The maximum Gasteiger partial charge on any atom is 0.433 e. The highest BCUT2D eigenvalue weighted by Gasteiger charge is 2.32. The normalized spacial score (nSPS) is 13.1. The first-order valence-electron chi connectivity index (χ1n) is 11.0. The lowest BCUT2D eigenvalue weighted by molar-refractivity contribution is -0.141. The van der Waals surface area contributed by atoms with Gasteiger partial charge in [0, 0.05) is 19.3 Å². The lowest BCUT2D eigenvalue weighted by atomic mass is 9.96. The number of likely N-dealkylation sites (N-methyl/N-ethyl adjacent to an activating group) is 1. The summed E-state index contributed by atoms with van der Waals surface area (Å²) in [5.74, 6) is 0.884. The molecule has 0 bridgehead atoms. The molecule has 0 unspecified atom stereocenters. The molecule has 3 rings (SSSR count). The summed E-state index contributed by atoms with van der Waals surface area (Å²) in [5, 5.41) is 6.12. The van der Waals surface area contributed by atoms with Crippen LogP contribution in [0.5, 0.6) is 11.5 Å². The number of rotatable bonds is 10. The van der Waals surface area contributed by atoms with Gasteiger partial charge >= 0.3 is 6.18 Å². The van der Waals surface area contributed by atoms with E-state index < -0.39 is 17.9 Å². The smallest absolute Gasteiger partial charge is 0.433 e. The van der Waals surface area contributed by atoms with Gasteiger partial charge in [0.05, 0.1) is 14.2 Å². The first-order chi connectivity index (χ1) is 16.8. The van der Waals surface area contributed by atoms with Crippen LogP contribution in [0.2, 0.25) is 0 Å². The first-order valence-corrected chi connectivity index (χ1v) is 11.0. The fourth-order valence-electron chi connectivity index (χ4n) is 3.78. The number of hydrogen-bond donors (Lipinski definition) is 2. The van der Waals surface area contributed by atoms with Crippen molar-refractivity contribution in [3.8, 4) is 11.5 Å². The van der Waals surface area contributed by atoms with Gasteiger partial charge in [-0.2, -0.15) is 13.2 Å². The average Bonchev–Trinajstić information content (AvgIpc) is 2.88. The SMILES string of the molecule is CNC(=O)[C@@H](N[C@H](CCc1ccc(C(F)(F)F)nc1)c1ccc(OC)c(OC)c1)c1ccccc1. The molecule has 6 nitrogen and oxygen atoms in total. The molecular formula is C26H28F3N3O3. The van der Waals surface area contributed by atoms with Crippen LogP contribution in [-0.4, -0.2) is 32.2 Å². The van der Waals surface area contributed by atoms with E-state index in [1.807, 2.05) is 42.5 Å². The van der Waals surface area contributed by atoms with Crippen molar-refractivity contribution in [2.24, 2.45) is 0 Å². The predicted molar refractivity (Wildman–Crippen MR) is 126 cm³/mol. The Kier molecular flexibility index (Phi) is 8.70. The van der Waals surface area contributed by atoms with E-state index in [1.165, 1.54) is 19.4 Å². The molecular weight excluding hydrogens is 459 g/mol. The van der Waals surface area contributed by atoms with E-state index >= 15 is 0 Å². The van der Waals surface area contributed by atoms with Crippen molar-refractivity contribution in [3.63, 3.8) is 0 Å². The molecule has 35 heavy (non-hydrogen) atoms. The van der Waals surface area contributed by atoms with Crippen LogP contribution < -0.4 is 20.1 Å². The largest absolute Gasteiger partial charge is 0.493 e. The Labute approximate surface area is 202 Å². The molecule has 0 aliphatic heterocycles. The minimum Gasteiger partial charge on any atom is -0.493 e. The zero-order chi connectivity index (χ0) is 25.4. The van der Waals surface area contributed by atoms with Crippen LogP contribution in [0.1, 0.15) is 40.9 Å². The van der Waals surface area contributed by atoms with Gasteiger partial charge in [-0.25, -0.2) is 0 Å². The predicted octanol–water partition coefficient (Wildman–Crippen LogP) is 4.87. The Balaban J connectivity index is 1.91. The highest BCUT2D eigenvalue weighted by Crippen LogP contribution is 2.33. The van der Waals surface area contributed by atoms with E-state index in [0.29, 0.717) is 29.9 Å². The molecule has 0 saturated carbocycles. The van der Waals surface area contributed by atoms with Crippen molar-refractivity contribution in [3.05, 3.63) is 89.2 Å². The molecule has 1 amide bonds. The Bertz CT molecular complexity index is 1110. The van der Waals surface area contributed by atoms with E-state index in [0.717, 1.165) is 17.2 Å². The molecule has 3 aromatic rings. The number of halogens is 3. The lowest BCUT2D eigenvalue weighted by Gasteiger charge is -2.26. The molecule has 1 heterocycles. The number of carbonyl (C=O) groups excluding carboxylic acids is 1. The van der Waals surface area contributed by atoms with Crippen LogP contribution in [0.3, 0.4) is 0 Å². The molecule has 2 atom stereocenters. The molecule has 1 aromatic heterocycles. The summed E-state index contributed by atoms with van der Waals surface area (Å²) >= 11 is 0. The topological polar surface area (TPSA) is 72.5 Å². The second kappa shape index (κ2) is 11.7. The van der Waals surface area contributed by atoms with Crippen molar-refractivity contribution in [1.29, 1.82) is 0 Å². The third-order valence-corrected chi connectivity index (χ3v) is 5.66. The molecule has 0 radical (unpaired) electrons. The summed E-state index contributed by atoms with van der Waals surface area (Å²) in [6.45, 7) is 0. The second-order valence-electron chi connectivity index (χ2n) is 7.88. The molecule has 2 aromatic carbocycles. The summed E-state index contributed by atoms with van der Waals surface area (Å²) in [6.07, 6.45) is -2.32. The molecule has 186 valence electrons. The standard InChI is InChI=1S/C26H28F3N3O3/c1-30-25(33)24(18-7-5-4-6-8-18)32-20(19-11-13-21(34-2)22(15-19)35-3)12-9-17-10-14-23(31-16-17)26(27,28)29/h4-8,10-11,13-16,20,24,32H,9,12H2,1-3H3,(H,30,33)/t20-,24+/m1/s1. The third-order valence-electron chi connectivity index (χ3n) is 5.66. The summed E-state index contributed by atoms with van der Waals surface area (Å²) in [7, 11) is 4.65. The Hall–Kier alpha value is -3.59. The molecule has 0 saturated heterocycles. The molecule has 9 heteroatoms. The second-order valence-corrected chi connectivity index (χ2v) is 7.88. The van der Waals surface area contributed by atoms with Gasteiger partial charge in [0.25, 0.3) is 0 Å². The number of benzene rings is 2. The monoisotopic (exact) mass is 487 g/mol. The first kappa shape index (κ1) is 26.0. The van der Waals surface area contributed by atoms with Gasteiger partial charge in [-0.3, -0.25) is 15.1 Å². The summed E-state index contributed by atoms with van der Waals surface area (Å²) < 4.78 is 49.4. The number of aryl methyl sites for hydroxylation is 1. The number of amides is 1. The number of nitrogens with zero attached hydrogens (tertiary/aromatic N) is 1. The zero-order valence-electron chi connectivity index (χ0n) is 19.7. The fourth-order valence-corrected chi connectivity index (χ4v) is 3.78. The molecule has 2 N–H and O–H groups in total. The van der Waals surface area contributed by atoms with Gasteiger partial charge < -0.3 is 14.8 Å². The van der Waals surface area contributed by atoms with Gasteiger partial charge in [0.1, 0.15) is 11.7 Å². The average molecular weight is 488 g/mol. The molecule has 0 aliphatic rings. The number of aromatic nitrogens is 1. The van der Waals surface area contributed by atoms with E-state index in [4.69, 9.17) is 9.47 Å². The highest BCUT2D eigenvalue weighted by atomic mass is 19.4. The van der Waals surface area contributed by atoms with Gasteiger partial charge in [-0.05, 0) is 47.7 Å². The van der Waals surface area contributed by atoms with Crippen molar-refractivity contribution in [2.45, 2.75) is 31.1 Å². The Morgan fingerprint density at radius 3 is 2.26 bits per heavy atom. The van der Waals surface area contributed by atoms with Gasteiger partial charge in [-0.15, -0.1) is 0 Å². The Morgan fingerprint density at radius 1 is 0.971 bits per heavy atom. The van der Waals surface area contributed by atoms with Crippen LogP contribution in [0.15, 0.2) is 66.9 Å². The van der Waals surface area contributed by atoms with E-state index in [-0.39, 0.29) is 11.9 Å². The van der Waals surface area contributed by atoms with Crippen molar-refractivity contribution < 1.29 is 27.4 Å². The van der Waals surface area contributed by atoms with Gasteiger partial charge in [0.2, 0.25) is 5.91 Å². The van der Waals surface area contributed by atoms with Crippen LogP contribution in [0, 0.1) is 0 Å². The maximum absolute atomic E-state index is 12.9. The molecule has 0 fully saturated rings. The van der Waals surface area contributed by atoms with Crippen molar-refractivity contribution in [2.75, 3.05) is 21.3 Å². The highest BCUT2D eigenvalue weighted by molar-refractivity contribution is 5.83. The lowest BCUT2D eigenvalue weighted by Crippen LogP contribution is -2.38. The van der Waals surface area contributed by atoms with Crippen LogP contribution in [0.25, 0.3) is 0 Å². The van der Waals surface area contributed by atoms with Crippen LogP contribution in [0.4, 0.5) is 13.2 Å². The minimum atomic E-state index is -4.49. The van der Waals surface area contributed by atoms with E-state index in [1.54, 1.807) is 20.2 Å². The van der Waals surface area contributed by atoms with Crippen LogP contribution >= 0.6 is 0 Å². The number of carbonyl (C=O) groups is 1. The zero-order valence-corrected chi connectivity index (χ0v) is 19.7. The van der Waals surface area contributed by atoms with Crippen molar-refractivity contribution in [1.82, 2.24) is 15.6 Å². The van der Waals surface area contributed by atoms with Gasteiger partial charge in [0.15, 0.2) is 11.5 Å². The number of alkyl halides is 3. The van der Waals surface area contributed by atoms with E-state index in [9.17, 15) is 18.0 Å². The fraction of sp³-hybridized carbons (Fsp3) is 0.308. The maximum atomic E-state index is 12.9. The van der Waals surface area contributed by atoms with Crippen LogP contribution in [-0.2, 0) is 17.4 Å². The van der Waals surface area contributed by atoms with Gasteiger partial charge in [-0.1, -0.05) is 42.5 Å².